The average Bonchev–Trinajstić information content (AvgIpc) is 2.29. The Labute approximate surface area is 98.2 Å². The number of ether oxygens (including phenoxy) is 1. The van der Waals surface area contributed by atoms with E-state index in [9.17, 15) is 0 Å². The lowest BCUT2D eigenvalue weighted by atomic mass is 10.1. The van der Waals surface area contributed by atoms with Gasteiger partial charge in [-0.2, -0.15) is 0 Å². The van der Waals surface area contributed by atoms with Crippen molar-refractivity contribution in [3.63, 3.8) is 0 Å². The molecule has 1 atom stereocenters. The summed E-state index contributed by atoms with van der Waals surface area (Å²) in [6, 6.07) is 4.38. The van der Waals surface area contributed by atoms with Crippen LogP contribution in [0.4, 0.5) is 0 Å². The molecular formula is C13H22N2O. The standard InChI is InChI=1S/C13H22N2O/c1-4-14-12(8-10-16-5-2)13-11(3)7-6-9-15-13/h6-7,9,12,14H,4-5,8,10H2,1-3H3. The van der Waals surface area contributed by atoms with Crippen LogP contribution in [0.15, 0.2) is 18.3 Å². The molecule has 0 amide bonds. The lowest BCUT2D eigenvalue weighted by Gasteiger charge is -2.18. The molecule has 0 bridgehead atoms. The molecule has 90 valence electrons. The molecular weight excluding hydrogens is 200 g/mol. The lowest BCUT2D eigenvalue weighted by molar-refractivity contribution is 0.136. The fourth-order valence-electron chi connectivity index (χ4n) is 1.79. The zero-order valence-electron chi connectivity index (χ0n) is 10.5. The molecule has 0 radical (unpaired) electrons. The molecule has 0 aliphatic rings. The van der Waals surface area contributed by atoms with Crippen molar-refractivity contribution in [2.45, 2.75) is 33.2 Å². The zero-order valence-corrected chi connectivity index (χ0v) is 10.5. The first-order valence-corrected chi connectivity index (χ1v) is 6.02. The van der Waals surface area contributed by atoms with E-state index in [0.29, 0.717) is 6.04 Å². The Kier molecular flexibility index (Phi) is 6.04. The minimum Gasteiger partial charge on any atom is -0.382 e. The largest absolute Gasteiger partial charge is 0.382 e. The Hall–Kier alpha value is -0.930. The molecule has 1 N–H and O–H groups in total. The Morgan fingerprint density at radius 1 is 1.44 bits per heavy atom. The van der Waals surface area contributed by atoms with Gasteiger partial charge < -0.3 is 10.1 Å². The van der Waals surface area contributed by atoms with Crippen LogP contribution in [-0.2, 0) is 4.74 Å². The number of hydrogen-bond acceptors (Lipinski definition) is 3. The third-order valence-electron chi connectivity index (χ3n) is 2.59. The summed E-state index contributed by atoms with van der Waals surface area (Å²) >= 11 is 0. The van der Waals surface area contributed by atoms with Crippen LogP contribution in [0.5, 0.6) is 0 Å². The van der Waals surface area contributed by atoms with Crippen molar-refractivity contribution in [1.29, 1.82) is 0 Å². The third kappa shape index (κ3) is 3.91. The quantitative estimate of drug-likeness (QED) is 0.720. The van der Waals surface area contributed by atoms with Crippen molar-refractivity contribution in [2.24, 2.45) is 0 Å². The number of pyridine rings is 1. The molecule has 1 heterocycles. The van der Waals surface area contributed by atoms with Gasteiger partial charge in [0.05, 0.1) is 11.7 Å². The van der Waals surface area contributed by atoms with Gasteiger partial charge in [0.1, 0.15) is 0 Å². The molecule has 0 saturated carbocycles. The van der Waals surface area contributed by atoms with E-state index in [2.05, 4.69) is 30.2 Å². The molecule has 1 unspecified atom stereocenters. The minimum absolute atomic E-state index is 0.303. The molecule has 0 aromatic carbocycles. The van der Waals surface area contributed by atoms with Gasteiger partial charge in [-0.1, -0.05) is 13.0 Å². The zero-order chi connectivity index (χ0) is 11.8. The van der Waals surface area contributed by atoms with Crippen LogP contribution in [0.2, 0.25) is 0 Å². The highest BCUT2D eigenvalue weighted by Crippen LogP contribution is 2.17. The van der Waals surface area contributed by atoms with Crippen molar-refractivity contribution >= 4 is 0 Å². The molecule has 0 fully saturated rings. The van der Waals surface area contributed by atoms with Gasteiger partial charge in [0.25, 0.3) is 0 Å². The van der Waals surface area contributed by atoms with Crippen molar-refractivity contribution < 1.29 is 4.74 Å². The van der Waals surface area contributed by atoms with E-state index >= 15 is 0 Å². The maximum Gasteiger partial charge on any atom is 0.0603 e. The van der Waals surface area contributed by atoms with E-state index in [-0.39, 0.29) is 0 Å². The predicted molar refractivity (Wildman–Crippen MR) is 66.5 cm³/mol. The average molecular weight is 222 g/mol. The summed E-state index contributed by atoms with van der Waals surface area (Å²) in [4.78, 5) is 4.46. The molecule has 1 aromatic heterocycles. The summed E-state index contributed by atoms with van der Waals surface area (Å²) in [6.07, 6.45) is 2.83. The summed E-state index contributed by atoms with van der Waals surface area (Å²) in [7, 11) is 0. The second-order valence-corrected chi connectivity index (χ2v) is 3.80. The van der Waals surface area contributed by atoms with Gasteiger partial charge >= 0.3 is 0 Å². The van der Waals surface area contributed by atoms with E-state index in [0.717, 1.165) is 31.9 Å². The maximum absolute atomic E-state index is 5.40. The Balaban J connectivity index is 2.65. The minimum atomic E-state index is 0.303. The van der Waals surface area contributed by atoms with Crippen LogP contribution in [0.1, 0.15) is 37.6 Å². The summed E-state index contributed by atoms with van der Waals surface area (Å²) in [5, 5.41) is 3.46. The predicted octanol–water partition coefficient (Wildman–Crippen LogP) is 2.47. The van der Waals surface area contributed by atoms with Crippen LogP contribution < -0.4 is 5.32 Å². The summed E-state index contributed by atoms with van der Waals surface area (Å²) in [5.74, 6) is 0. The van der Waals surface area contributed by atoms with E-state index in [4.69, 9.17) is 4.74 Å². The smallest absolute Gasteiger partial charge is 0.0603 e. The SMILES string of the molecule is CCNC(CCOCC)c1ncccc1C. The molecule has 3 nitrogen and oxygen atoms in total. The van der Waals surface area contributed by atoms with Crippen molar-refractivity contribution in [3.8, 4) is 0 Å². The first-order chi connectivity index (χ1) is 7.79. The van der Waals surface area contributed by atoms with Crippen molar-refractivity contribution in [2.75, 3.05) is 19.8 Å². The monoisotopic (exact) mass is 222 g/mol. The van der Waals surface area contributed by atoms with Crippen LogP contribution in [0.3, 0.4) is 0 Å². The first-order valence-electron chi connectivity index (χ1n) is 6.02. The highest BCUT2D eigenvalue weighted by Gasteiger charge is 2.13. The molecule has 0 spiro atoms. The molecule has 16 heavy (non-hydrogen) atoms. The fraction of sp³-hybridized carbons (Fsp3) is 0.615. The molecule has 3 heteroatoms. The Morgan fingerprint density at radius 3 is 2.88 bits per heavy atom. The van der Waals surface area contributed by atoms with Crippen LogP contribution >= 0.6 is 0 Å². The number of nitrogens with one attached hydrogen (secondary N) is 1. The number of aromatic nitrogens is 1. The Morgan fingerprint density at radius 2 is 2.25 bits per heavy atom. The molecule has 1 rings (SSSR count). The summed E-state index contributed by atoms with van der Waals surface area (Å²) < 4.78 is 5.40. The van der Waals surface area contributed by atoms with Gasteiger partial charge in [0.2, 0.25) is 0 Å². The number of rotatable bonds is 7. The fourth-order valence-corrected chi connectivity index (χ4v) is 1.79. The highest BCUT2D eigenvalue weighted by atomic mass is 16.5. The second-order valence-electron chi connectivity index (χ2n) is 3.80. The van der Waals surface area contributed by atoms with Crippen LogP contribution in [-0.4, -0.2) is 24.7 Å². The van der Waals surface area contributed by atoms with E-state index in [1.807, 2.05) is 19.2 Å². The normalized spacial score (nSPS) is 12.7. The van der Waals surface area contributed by atoms with Crippen LogP contribution in [0, 0.1) is 6.92 Å². The van der Waals surface area contributed by atoms with Crippen molar-refractivity contribution in [3.05, 3.63) is 29.6 Å². The van der Waals surface area contributed by atoms with Gasteiger partial charge in [-0.25, -0.2) is 0 Å². The van der Waals surface area contributed by atoms with Gasteiger partial charge in [0.15, 0.2) is 0 Å². The van der Waals surface area contributed by atoms with E-state index in [1.165, 1.54) is 5.56 Å². The van der Waals surface area contributed by atoms with Gasteiger partial charge in [-0.05, 0) is 38.4 Å². The van der Waals surface area contributed by atoms with E-state index in [1.54, 1.807) is 0 Å². The summed E-state index contributed by atoms with van der Waals surface area (Å²) in [5.41, 5.74) is 2.38. The topological polar surface area (TPSA) is 34.1 Å². The highest BCUT2D eigenvalue weighted by molar-refractivity contribution is 5.21. The summed E-state index contributed by atoms with van der Waals surface area (Å²) in [6.45, 7) is 8.75. The molecule has 0 aliphatic heterocycles. The van der Waals surface area contributed by atoms with Gasteiger partial charge in [0, 0.05) is 19.4 Å². The first kappa shape index (κ1) is 13.1. The maximum atomic E-state index is 5.40. The number of hydrogen-bond donors (Lipinski definition) is 1. The molecule has 0 saturated heterocycles. The number of nitrogens with zero attached hydrogens (tertiary/aromatic N) is 1. The van der Waals surface area contributed by atoms with Gasteiger partial charge in [-0.3, -0.25) is 4.98 Å². The van der Waals surface area contributed by atoms with E-state index < -0.39 is 0 Å². The van der Waals surface area contributed by atoms with Gasteiger partial charge in [-0.15, -0.1) is 0 Å². The van der Waals surface area contributed by atoms with Crippen molar-refractivity contribution in [1.82, 2.24) is 10.3 Å². The Bertz CT molecular complexity index is 302. The molecule has 1 aromatic rings. The second kappa shape index (κ2) is 7.36. The molecule has 0 aliphatic carbocycles. The third-order valence-corrected chi connectivity index (χ3v) is 2.59. The number of aryl methyl sites for hydroxylation is 1. The van der Waals surface area contributed by atoms with Crippen LogP contribution in [0.25, 0.3) is 0 Å². The lowest BCUT2D eigenvalue weighted by Crippen LogP contribution is -2.24.